The second-order valence-electron chi connectivity index (χ2n) is 6.55. The molecule has 0 atom stereocenters. The number of nitrogens with one attached hydrogen (secondary N) is 2. The van der Waals surface area contributed by atoms with Gasteiger partial charge in [-0.1, -0.05) is 0 Å². The summed E-state index contributed by atoms with van der Waals surface area (Å²) in [6.07, 6.45) is 1.83. The second kappa shape index (κ2) is 7.87. The van der Waals surface area contributed by atoms with Crippen LogP contribution in [0, 0.1) is 11.6 Å². The number of sulfonamides is 1. The van der Waals surface area contributed by atoms with Crippen molar-refractivity contribution in [2.24, 2.45) is 0 Å². The van der Waals surface area contributed by atoms with Gasteiger partial charge in [-0.2, -0.15) is 4.31 Å². The first-order valence-electron chi connectivity index (χ1n) is 8.53. The molecule has 11 heteroatoms. The summed E-state index contributed by atoms with van der Waals surface area (Å²) in [6.45, 7) is 0.726. The quantitative estimate of drug-likeness (QED) is 0.736. The summed E-state index contributed by atoms with van der Waals surface area (Å²) in [4.78, 5) is 24.8. The number of halogens is 2. The summed E-state index contributed by atoms with van der Waals surface area (Å²) >= 11 is 0. The first kappa shape index (κ1) is 19.6. The van der Waals surface area contributed by atoms with Gasteiger partial charge >= 0.3 is 6.03 Å². The van der Waals surface area contributed by atoms with Crippen LogP contribution >= 0.6 is 0 Å². The van der Waals surface area contributed by atoms with E-state index in [4.69, 9.17) is 0 Å². The van der Waals surface area contributed by atoms with E-state index >= 15 is 0 Å². The van der Waals surface area contributed by atoms with Crippen LogP contribution in [0.15, 0.2) is 23.1 Å². The summed E-state index contributed by atoms with van der Waals surface area (Å²) < 4.78 is 52.5. The third kappa shape index (κ3) is 4.99. The van der Waals surface area contributed by atoms with Gasteiger partial charge in [0.2, 0.25) is 15.9 Å². The maximum Gasteiger partial charge on any atom is 0.321 e. The number of benzene rings is 1. The highest BCUT2D eigenvalue weighted by Crippen LogP contribution is 2.20. The van der Waals surface area contributed by atoms with Crippen LogP contribution < -0.4 is 10.6 Å². The van der Waals surface area contributed by atoms with E-state index in [1.807, 2.05) is 0 Å². The average Bonchev–Trinajstić information content (AvgIpc) is 3.41. The molecule has 2 fully saturated rings. The van der Waals surface area contributed by atoms with Gasteiger partial charge in [-0.15, -0.1) is 0 Å². The van der Waals surface area contributed by atoms with Crippen molar-refractivity contribution in [2.45, 2.75) is 23.8 Å². The number of imide groups is 1. The van der Waals surface area contributed by atoms with Gasteiger partial charge < -0.3 is 5.32 Å². The Morgan fingerprint density at radius 2 is 1.74 bits per heavy atom. The molecule has 0 aromatic heterocycles. The van der Waals surface area contributed by atoms with Crippen molar-refractivity contribution in [1.29, 1.82) is 0 Å². The lowest BCUT2D eigenvalue weighted by molar-refractivity contribution is -0.121. The minimum absolute atomic E-state index is 0.0306. The largest absolute Gasteiger partial charge is 0.335 e. The van der Waals surface area contributed by atoms with Crippen LogP contribution in [0.2, 0.25) is 0 Å². The topological polar surface area (TPSA) is 98.8 Å². The maximum atomic E-state index is 13.3. The van der Waals surface area contributed by atoms with Gasteiger partial charge in [0.1, 0.15) is 0 Å². The van der Waals surface area contributed by atoms with E-state index in [1.165, 1.54) is 0 Å². The lowest BCUT2D eigenvalue weighted by Crippen LogP contribution is -2.52. The van der Waals surface area contributed by atoms with Crippen molar-refractivity contribution >= 4 is 22.0 Å². The number of urea groups is 1. The molecular weight excluding hydrogens is 382 g/mol. The molecular formula is C16H20F2N4O4S. The number of piperazine rings is 1. The standard InChI is InChI=1S/C16H20F2N4O4S/c17-13-4-3-12(9-14(13)18)27(25,26)22-7-5-21(6-8-22)10-15(23)20-16(24)19-11-1-2-11/h3-4,9,11H,1-2,5-8,10H2,(H2,19,20,23,24). The van der Waals surface area contributed by atoms with E-state index in [2.05, 4.69) is 10.6 Å². The van der Waals surface area contributed by atoms with Crippen LogP contribution in [0.5, 0.6) is 0 Å². The van der Waals surface area contributed by atoms with Crippen LogP contribution in [0.25, 0.3) is 0 Å². The summed E-state index contributed by atoms with van der Waals surface area (Å²) in [6, 6.07) is 2.06. The van der Waals surface area contributed by atoms with Crippen LogP contribution in [-0.2, 0) is 14.8 Å². The molecule has 1 aromatic carbocycles. The third-order valence-corrected chi connectivity index (χ3v) is 6.29. The minimum Gasteiger partial charge on any atom is -0.335 e. The Hall–Kier alpha value is -2.11. The lowest BCUT2D eigenvalue weighted by atomic mass is 10.3. The Balaban J connectivity index is 1.50. The number of carbonyl (C=O) groups excluding carboxylic acids is 2. The number of rotatable bonds is 5. The van der Waals surface area contributed by atoms with E-state index in [1.54, 1.807) is 4.90 Å². The fourth-order valence-electron chi connectivity index (χ4n) is 2.73. The molecule has 3 amide bonds. The monoisotopic (exact) mass is 402 g/mol. The van der Waals surface area contributed by atoms with Gasteiger partial charge in [0.25, 0.3) is 0 Å². The SMILES string of the molecule is O=C(CN1CCN(S(=O)(=O)c2ccc(F)c(F)c2)CC1)NC(=O)NC1CC1. The fourth-order valence-corrected chi connectivity index (χ4v) is 4.17. The van der Waals surface area contributed by atoms with Crippen LogP contribution in [0.3, 0.4) is 0 Å². The van der Waals surface area contributed by atoms with Crippen LogP contribution in [0.4, 0.5) is 13.6 Å². The molecule has 1 aromatic rings. The Kier molecular flexibility index (Phi) is 5.72. The highest BCUT2D eigenvalue weighted by molar-refractivity contribution is 7.89. The van der Waals surface area contributed by atoms with Gasteiger partial charge in [0, 0.05) is 32.2 Å². The lowest BCUT2D eigenvalue weighted by Gasteiger charge is -2.33. The highest BCUT2D eigenvalue weighted by atomic mass is 32.2. The summed E-state index contributed by atoms with van der Waals surface area (Å²) in [5.41, 5.74) is 0. The highest BCUT2D eigenvalue weighted by Gasteiger charge is 2.30. The van der Waals surface area contributed by atoms with Gasteiger partial charge in [-0.3, -0.25) is 15.0 Å². The minimum atomic E-state index is -3.94. The molecule has 2 N–H and O–H groups in total. The molecule has 3 rings (SSSR count). The van der Waals surface area contributed by atoms with Crippen molar-refractivity contribution in [3.8, 4) is 0 Å². The van der Waals surface area contributed by atoms with Crippen molar-refractivity contribution in [2.75, 3.05) is 32.7 Å². The van der Waals surface area contributed by atoms with Crippen molar-refractivity contribution in [1.82, 2.24) is 19.8 Å². The molecule has 1 heterocycles. The van der Waals surface area contributed by atoms with Gasteiger partial charge in [-0.05, 0) is 31.0 Å². The molecule has 0 unspecified atom stereocenters. The van der Waals surface area contributed by atoms with E-state index in [9.17, 15) is 26.8 Å². The number of hydrogen-bond donors (Lipinski definition) is 2. The molecule has 148 valence electrons. The van der Waals surface area contributed by atoms with E-state index in [0.717, 1.165) is 29.3 Å². The van der Waals surface area contributed by atoms with Crippen molar-refractivity contribution in [3.05, 3.63) is 29.8 Å². The van der Waals surface area contributed by atoms with Gasteiger partial charge in [0.05, 0.1) is 11.4 Å². The maximum absolute atomic E-state index is 13.3. The second-order valence-corrected chi connectivity index (χ2v) is 8.49. The molecule has 1 saturated heterocycles. The number of nitrogens with zero attached hydrogens (tertiary/aromatic N) is 2. The predicted octanol–water partition coefficient (Wildman–Crippen LogP) is 0.259. The molecule has 0 spiro atoms. The molecule has 1 saturated carbocycles. The number of carbonyl (C=O) groups is 2. The first-order valence-corrected chi connectivity index (χ1v) is 9.97. The molecule has 0 radical (unpaired) electrons. The zero-order valence-corrected chi connectivity index (χ0v) is 15.3. The Bertz CT molecular complexity index is 837. The smallest absolute Gasteiger partial charge is 0.321 e. The van der Waals surface area contributed by atoms with Crippen LogP contribution in [-0.4, -0.2) is 68.3 Å². The third-order valence-electron chi connectivity index (χ3n) is 4.39. The zero-order chi connectivity index (χ0) is 19.6. The van der Waals surface area contributed by atoms with E-state index in [0.29, 0.717) is 6.07 Å². The molecule has 0 bridgehead atoms. The zero-order valence-electron chi connectivity index (χ0n) is 14.5. The predicted molar refractivity (Wildman–Crippen MR) is 91.3 cm³/mol. The number of amides is 3. The first-order chi connectivity index (χ1) is 12.8. The molecule has 2 aliphatic rings. The molecule has 1 aliphatic heterocycles. The normalized spacial score (nSPS) is 18.9. The van der Waals surface area contributed by atoms with Crippen LogP contribution in [0.1, 0.15) is 12.8 Å². The van der Waals surface area contributed by atoms with E-state index in [-0.39, 0.29) is 43.7 Å². The van der Waals surface area contributed by atoms with Gasteiger partial charge in [-0.25, -0.2) is 22.0 Å². The van der Waals surface area contributed by atoms with Gasteiger partial charge in [0.15, 0.2) is 11.6 Å². The molecule has 1 aliphatic carbocycles. The Morgan fingerprint density at radius 3 is 2.33 bits per heavy atom. The fraction of sp³-hybridized carbons (Fsp3) is 0.500. The molecule has 27 heavy (non-hydrogen) atoms. The number of hydrogen-bond acceptors (Lipinski definition) is 5. The Morgan fingerprint density at radius 1 is 1.07 bits per heavy atom. The summed E-state index contributed by atoms with van der Waals surface area (Å²) in [7, 11) is -3.94. The summed E-state index contributed by atoms with van der Waals surface area (Å²) in [5.74, 6) is -2.81. The average molecular weight is 402 g/mol. The molecule has 8 nitrogen and oxygen atoms in total. The Labute approximate surface area is 155 Å². The van der Waals surface area contributed by atoms with Crippen molar-refractivity contribution in [3.63, 3.8) is 0 Å². The van der Waals surface area contributed by atoms with E-state index < -0.39 is 33.6 Å². The summed E-state index contributed by atoms with van der Waals surface area (Å²) in [5, 5.41) is 4.88. The van der Waals surface area contributed by atoms with Crippen molar-refractivity contribution < 1.29 is 26.8 Å².